The fraction of sp³-hybridized carbons (Fsp3) is 0.500. The van der Waals surface area contributed by atoms with Crippen LogP contribution < -0.4 is 0 Å². The molecule has 1 atom stereocenters. The molecule has 40 valence electrons. The van der Waals surface area contributed by atoms with Gasteiger partial charge < -0.3 is 5.11 Å². The fourth-order valence-electron chi connectivity index (χ4n) is 0.189. The monoisotopic (exact) mass is 119 g/mol. The summed E-state index contributed by atoms with van der Waals surface area (Å²) < 4.78 is 0. The van der Waals surface area contributed by atoms with Crippen molar-refractivity contribution in [2.75, 3.05) is 0 Å². The van der Waals surface area contributed by atoms with E-state index in [1.807, 2.05) is 6.92 Å². The molecule has 7 heavy (non-hydrogen) atoms. The fourth-order valence-corrected chi connectivity index (χ4v) is 0.568. The molecular weight excluding hydrogens is 111 g/mol. The van der Waals surface area contributed by atoms with Gasteiger partial charge in [-0.3, -0.25) is 0 Å². The lowest BCUT2D eigenvalue weighted by Crippen LogP contribution is -1.73. The Morgan fingerprint density at radius 3 is 2.71 bits per heavy atom. The van der Waals surface area contributed by atoms with Crippen LogP contribution in [-0.2, 0) is 0 Å². The highest BCUT2D eigenvalue weighted by molar-refractivity contribution is 7.56. The Hall–Kier alpha value is -0.360. The molecule has 0 fully saturated rings. The number of hydrogen-bond acceptors (Lipinski definition) is 1. The molecule has 0 heterocycles. The van der Waals surface area contributed by atoms with Crippen LogP contribution in [0.5, 0.6) is 0 Å². The summed E-state index contributed by atoms with van der Waals surface area (Å²) in [6, 6.07) is 0. The third-order valence-corrected chi connectivity index (χ3v) is 1.29. The Balaban J connectivity index is 3.26. The van der Waals surface area contributed by atoms with E-state index in [0.29, 0.717) is 0 Å². The van der Waals surface area contributed by atoms with Gasteiger partial charge in [-0.05, 0) is 0 Å². The predicted octanol–water partition coefficient (Wildman–Crippen LogP) is 1.56. The third-order valence-electron chi connectivity index (χ3n) is 0.430. The molecular formula is C4H8O2P+. The molecule has 3 heteroatoms. The van der Waals surface area contributed by atoms with E-state index in [0.717, 1.165) is 6.42 Å². The second kappa shape index (κ2) is 3.82. The van der Waals surface area contributed by atoms with Gasteiger partial charge in [-0.15, -0.1) is 0 Å². The third kappa shape index (κ3) is 5.64. The summed E-state index contributed by atoms with van der Waals surface area (Å²) in [5.74, 6) is 1.75. The van der Waals surface area contributed by atoms with E-state index < -0.39 is 5.71 Å². The molecule has 0 radical (unpaired) electrons. The minimum Gasteiger partial charge on any atom is -0.446 e. The molecule has 0 spiro atoms. The quantitative estimate of drug-likeness (QED) is 0.560. The first-order valence-electron chi connectivity index (χ1n) is 2.08. The van der Waals surface area contributed by atoms with E-state index in [-0.39, 0.29) is 8.20 Å². The van der Waals surface area contributed by atoms with E-state index in [1.165, 1.54) is 0 Å². The highest BCUT2D eigenvalue weighted by Gasteiger charge is 1.94. The lowest BCUT2D eigenvalue weighted by Gasteiger charge is -1.62. The van der Waals surface area contributed by atoms with Gasteiger partial charge >= 0.3 is 5.71 Å². The lowest BCUT2D eigenvalue weighted by molar-refractivity contribution is 0.222. The highest BCUT2D eigenvalue weighted by atomic mass is 31.1. The van der Waals surface area contributed by atoms with Crippen LogP contribution in [0.4, 0.5) is 4.79 Å². The highest BCUT2D eigenvalue weighted by Crippen LogP contribution is 1.93. The molecule has 0 rings (SSSR count). The molecule has 1 unspecified atom stereocenters. The smallest absolute Gasteiger partial charge is 0.446 e. The molecule has 0 aliphatic heterocycles. The summed E-state index contributed by atoms with van der Waals surface area (Å²) in [5.41, 5.74) is -0.721. The molecule has 0 aromatic heterocycles. The summed E-state index contributed by atoms with van der Waals surface area (Å²) in [7, 11) is -0.0197. The van der Waals surface area contributed by atoms with E-state index in [9.17, 15) is 4.79 Å². The normalized spacial score (nSPS) is 9.86. The standard InChI is InChI=1S/C4H7O2P/c1-2-3-7-4(5)6/h3H,2H2,1H3,(H,5,6)/p+1. The van der Waals surface area contributed by atoms with Crippen molar-refractivity contribution in [3.63, 3.8) is 0 Å². The van der Waals surface area contributed by atoms with Gasteiger partial charge in [0.15, 0.2) is 0 Å². The van der Waals surface area contributed by atoms with Crippen molar-refractivity contribution >= 4 is 19.7 Å². The summed E-state index contributed by atoms with van der Waals surface area (Å²) in [5, 5.41) is 8.03. The summed E-state index contributed by atoms with van der Waals surface area (Å²) in [4.78, 5) is 9.74. The number of carbonyl (C=O) groups is 1. The molecule has 0 saturated heterocycles. The van der Waals surface area contributed by atoms with Crippen molar-refractivity contribution in [3.8, 4) is 0 Å². The number of hydrogen-bond donors (Lipinski definition) is 1. The van der Waals surface area contributed by atoms with Gasteiger partial charge in [-0.25, -0.2) is 0 Å². The molecule has 1 N–H and O–H groups in total. The second-order valence-corrected chi connectivity index (χ2v) is 2.19. The molecule has 0 aliphatic carbocycles. The van der Waals surface area contributed by atoms with Crippen molar-refractivity contribution in [2.24, 2.45) is 0 Å². The minimum absolute atomic E-state index is 0.0197. The molecule has 0 aromatic rings. The van der Waals surface area contributed by atoms with Crippen LogP contribution in [0.1, 0.15) is 13.3 Å². The molecule has 0 amide bonds. The largest absolute Gasteiger partial charge is 0.505 e. The van der Waals surface area contributed by atoms with Gasteiger partial charge in [-0.1, -0.05) is 6.92 Å². The maximum absolute atomic E-state index is 9.74. The first-order valence-corrected chi connectivity index (χ1v) is 3.16. The Labute approximate surface area is 44.0 Å². The van der Waals surface area contributed by atoms with E-state index >= 15 is 0 Å². The van der Waals surface area contributed by atoms with Crippen LogP contribution in [-0.4, -0.2) is 16.6 Å². The second-order valence-electron chi connectivity index (χ2n) is 1.06. The number of rotatable bonds is 2. The van der Waals surface area contributed by atoms with Gasteiger partial charge in [-0.2, -0.15) is 4.79 Å². The topological polar surface area (TPSA) is 37.3 Å². The Morgan fingerprint density at radius 2 is 2.57 bits per heavy atom. The van der Waals surface area contributed by atoms with Crippen molar-refractivity contribution in [2.45, 2.75) is 13.3 Å². The van der Waals surface area contributed by atoms with Crippen LogP contribution in [0.15, 0.2) is 0 Å². The zero-order valence-electron chi connectivity index (χ0n) is 4.14. The van der Waals surface area contributed by atoms with Crippen LogP contribution in [0, 0.1) is 0 Å². The maximum atomic E-state index is 9.74. The van der Waals surface area contributed by atoms with E-state index in [4.69, 9.17) is 5.11 Å². The average molecular weight is 119 g/mol. The molecule has 2 nitrogen and oxygen atoms in total. The van der Waals surface area contributed by atoms with Crippen LogP contribution in [0.3, 0.4) is 0 Å². The van der Waals surface area contributed by atoms with E-state index in [1.54, 1.807) is 5.80 Å². The SMILES string of the molecule is CCC=[PH+]C(=O)O. The lowest BCUT2D eigenvalue weighted by atomic mass is 10.6. The summed E-state index contributed by atoms with van der Waals surface area (Å²) in [6.07, 6.45) is 0.852. The van der Waals surface area contributed by atoms with Crippen molar-refractivity contribution < 1.29 is 9.90 Å². The first kappa shape index (κ1) is 6.64. The first-order chi connectivity index (χ1) is 3.27. The zero-order valence-corrected chi connectivity index (χ0v) is 5.14. The average Bonchev–Trinajstić information content (AvgIpc) is 1.61. The summed E-state index contributed by atoms with van der Waals surface area (Å²) >= 11 is 0. The molecule has 0 aliphatic rings. The maximum Gasteiger partial charge on any atom is 0.505 e. The van der Waals surface area contributed by atoms with Crippen molar-refractivity contribution in [1.29, 1.82) is 0 Å². The Bertz CT molecular complexity index is 87.7. The Morgan fingerprint density at radius 1 is 2.00 bits per heavy atom. The van der Waals surface area contributed by atoms with Crippen molar-refractivity contribution in [3.05, 3.63) is 0 Å². The van der Waals surface area contributed by atoms with Crippen LogP contribution in [0.2, 0.25) is 0 Å². The minimum atomic E-state index is -0.721. The van der Waals surface area contributed by atoms with Gasteiger partial charge in [0.25, 0.3) is 0 Å². The number of carboxylic acid groups (broad SMARTS) is 1. The molecule has 0 bridgehead atoms. The van der Waals surface area contributed by atoms with Gasteiger partial charge in [0, 0.05) is 6.42 Å². The van der Waals surface area contributed by atoms with Gasteiger partial charge in [0.1, 0.15) is 0 Å². The van der Waals surface area contributed by atoms with Gasteiger partial charge in [0.2, 0.25) is 8.20 Å². The Kier molecular flexibility index (Phi) is 3.62. The van der Waals surface area contributed by atoms with Crippen molar-refractivity contribution in [1.82, 2.24) is 0 Å². The predicted molar refractivity (Wildman–Crippen MR) is 32.7 cm³/mol. The molecule has 0 aromatic carbocycles. The summed E-state index contributed by atoms with van der Waals surface area (Å²) in [6.45, 7) is 1.93. The van der Waals surface area contributed by atoms with Crippen LogP contribution in [0.25, 0.3) is 0 Å². The zero-order chi connectivity index (χ0) is 5.70. The molecule has 0 saturated carbocycles. The van der Waals surface area contributed by atoms with E-state index in [2.05, 4.69) is 0 Å². The van der Waals surface area contributed by atoms with Gasteiger partial charge in [0.05, 0.1) is 5.80 Å². The van der Waals surface area contributed by atoms with Crippen LogP contribution >= 0.6 is 8.20 Å².